The van der Waals surface area contributed by atoms with Crippen LogP contribution in [0, 0.1) is 24.0 Å². The molecule has 4 rings (SSSR count). The molecule has 0 atom stereocenters. The predicted octanol–water partition coefficient (Wildman–Crippen LogP) is 5.89. The van der Waals surface area contributed by atoms with Gasteiger partial charge in [-0.3, -0.25) is 19.8 Å². The molecule has 0 bridgehead atoms. The van der Waals surface area contributed by atoms with Gasteiger partial charge in [-0.05, 0) is 55.3 Å². The third-order valence-corrected chi connectivity index (χ3v) is 6.40. The number of furan rings is 1. The fourth-order valence-electron chi connectivity index (χ4n) is 3.34. The summed E-state index contributed by atoms with van der Waals surface area (Å²) in [7, 11) is 1.53. The average Bonchev–Trinajstić information content (AvgIpc) is 3.34. The predicted molar refractivity (Wildman–Crippen MR) is 129 cm³/mol. The number of hydrogen-bond acceptors (Lipinski definition) is 7. The molecule has 1 fully saturated rings. The maximum absolute atomic E-state index is 13.1. The Morgan fingerprint density at radius 2 is 1.88 bits per heavy atom. The topological polar surface area (TPSA) is 85.8 Å². The second-order valence-electron chi connectivity index (χ2n) is 7.10. The van der Waals surface area contributed by atoms with Crippen molar-refractivity contribution in [3.8, 4) is 17.1 Å². The van der Waals surface area contributed by atoms with Crippen molar-refractivity contribution in [2.75, 3.05) is 12.0 Å². The summed E-state index contributed by atoms with van der Waals surface area (Å²) in [6.45, 7) is 3.71. The van der Waals surface area contributed by atoms with Gasteiger partial charge in [-0.15, -0.1) is 0 Å². The molecule has 2 heterocycles. The maximum Gasteiger partial charge on any atom is 0.280 e. The maximum atomic E-state index is 13.1. The van der Waals surface area contributed by atoms with Crippen molar-refractivity contribution < 1.29 is 18.9 Å². The number of carbonyl (C=O) groups is 1. The average molecular weight is 467 g/mol. The monoisotopic (exact) mass is 466 g/mol. The number of aryl methyl sites for hydroxylation is 2. The van der Waals surface area contributed by atoms with E-state index in [0.717, 1.165) is 22.9 Å². The van der Waals surface area contributed by atoms with Crippen molar-refractivity contribution in [1.29, 1.82) is 0 Å². The van der Waals surface area contributed by atoms with Crippen LogP contribution in [0.15, 0.2) is 57.9 Å². The molecule has 1 aliphatic heterocycles. The second-order valence-corrected chi connectivity index (χ2v) is 8.78. The standard InChI is InChI=1S/C23H18N2O5S2/c1-13-10-16(18(25(27)28)11-14(13)2)19-9-8-15(30-19)12-21-22(26)24(23(31)32-21)17-6-4-5-7-20(17)29-3/h4-12H,1-3H3/b21-12-. The Bertz CT molecular complexity index is 1300. The third-order valence-electron chi connectivity index (χ3n) is 5.09. The molecule has 162 valence electrons. The smallest absolute Gasteiger partial charge is 0.280 e. The van der Waals surface area contributed by atoms with E-state index < -0.39 is 4.92 Å². The fraction of sp³-hybridized carbons (Fsp3) is 0.130. The zero-order valence-electron chi connectivity index (χ0n) is 17.4. The van der Waals surface area contributed by atoms with Crippen molar-refractivity contribution >= 4 is 51.7 Å². The van der Waals surface area contributed by atoms with Gasteiger partial charge in [0.25, 0.3) is 11.6 Å². The number of thiocarbonyl (C=S) groups is 1. The van der Waals surface area contributed by atoms with Crippen LogP contribution < -0.4 is 9.64 Å². The lowest BCUT2D eigenvalue weighted by Gasteiger charge is -2.17. The number of nitro groups is 1. The minimum absolute atomic E-state index is 0.0310. The molecule has 32 heavy (non-hydrogen) atoms. The molecule has 0 saturated carbocycles. The Morgan fingerprint density at radius 1 is 1.16 bits per heavy atom. The van der Waals surface area contributed by atoms with Gasteiger partial charge in [0.2, 0.25) is 0 Å². The molecule has 0 aliphatic carbocycles. The van der Waals surface area contributed by atoms with Crippen molar-refractivity contribution in [2.24, 2.45) is 0 Å². The fourth-order valence-corrected chi connectivity index (χ4v) is 4.61. The minimum atomic E-state index is -0.428. The summed E-state index contributed by atoms with van der Waals surface area (Å²) in [5.74, 6) is 0.992. The molecule has 1 aliphatic rings. The molecular weight excluding hydrogens is 448 g/mol. The van der Waals surface area contributed by atoms with Crippen molar-refractivity contribution in [3.05, 3.63) is 80.4 Å². The van der Waals surface area contributed by atoms with Gasteiger partial charge < -0.3 is 9.15 Å². The van der Waals surface area contributed by atoms with Gasteiger partial charge in [0.05, 0.1) is 28.2 Å². The van der Waals surface area contributed by atoms with Crippen molar-refractivity contribution in [3.63, 3.8) is 0 Å². The molecule has 0 radical (unpaired) electrons. The lowest BCUT2D eigenvalue weighted by atomic mass is 10.0. The van der Waals surface area contributed by atoms with E-state index in [1.165, 1.54) is 18.1 Å². The molecule has 0 unspecified atom stereocenters. The first-order valence-corrected chi connectivity index (χ1v) is 10.8. The van der Waals surface area contributed by atoms with Gasteiger partial charge in [-0.2, -0.15) is 0 Å². The number of methoxy groups -OCH3 is 1. The molecule has 1 amide bonds. The highest BCUT2D eigenvalue weighted by molar-refractivity contribution is 8.27. The molecule has 7 nitrogen and oxygen atoms in total. The number of nitrogens with zero attached hydrogens (tertiary/aromatic N) is 2. The number of anilines is 1. The van der Waals surface area contributed by atoms with Crippen molar-refractivity contribution in [2.45, 2.75) is 13.8 Å². The molecular formula is C23H18N2O5S2. The molecule has 1 aromatic heterocycles. The van der Waals surface area contributed by atoms with Gasteiger partial charge in [-0.25, -0.2) is 0 Å². The molecule has 1 saturated heterocycles. The summed E-state index contributed by atoms with van der Waals surface area (Å²) >= 11 is 6.57. The highest BCUT2D eigenvalue weighted by atomic mass is 32.2. The Hall–Kier alpha value is -3.43. The third kappa shape index (κ3) is 3.92. The number of ether oxygens (including phenoxy) is 1. The second kappa shape index (κ2) is 8.60. The Balaban J connectivity index is 1.68. The number of amides is 1. The van der Waals surface area contributed by atoms with Crippen LogP contribution in [-0.2, 0) is 4.79 Å². The highest BCUT2D eigenvalue weighted by Crippen LogP contribution is 2.40. The van der Waals surface area contributed by atoms with E-state index in [-0.39, 0.29) is 11.6 Å². The number of hydrogen-bond donors (Lipinski definition) is 0. The van der Waals surface area contributed by atoms with Crippen LogP contribution in [0.3, 0.4) is 0 Å². The summed E-state index contributed by atoms with van der Waals surface area (Å²) in [5, 5.41) is 11.5. The number of para-hydroxylation sites is 2. The van der Waals surface area contributed by atoms with Gasteiger partial charge in [0.15, 0.2) is 4.32 Å². The first-order valence-electron chi connectivity index (χ1n) is 9.57. The first kappa shape index (κ1) is 21.8. The Kier molecular flexibility index (Phi) is 5.86. The Morgan fingerprint density at radius 3 is 2.59 bits per heavy atom. The normalized spacial score (nSPS) is 15.0. The van der Waals surface area contributed by atoms with Crippen LogP contribution in [0.2, 0.25) is 0 Å². The van der Waals surface area contributed by atoms with Gasteiger partial charge in [0, 0.05) is 12.1 Å². The quantitative estimate of drug-likeness (QED) is 0.201. The van der Waals surface area contributed by atoms with Crippen molar-refractivity contribution in [1.82, 2.24) is 0 Å². The van der Waals surface area contributed by atoms with E-state index in [1.807, 2.05) is 19.9 Å². The minimum Gasteiger partial charge on any atom is -0.495 e. The van der Waals surface area contributed by atoms with Gasteiger partial charge in [-0.1, -0.05) is 36.1 Å². The van der Waals surface area contributed by atoms with E-state index in [9.17, 15) is 14.9 Å². The SMILES string of the molecule is COc1ccccc1N1C(=O)/C(=C/c2ccc(-c3cc(C)c(C)cc3[N+](=O)[O-])o2)SC1=S. The van der Waals surface area contributed by atoms with E-state index in [4.69, 9.17) is 21.4 Å². The lowest BCUT2D eigenvalue weighted by molar-refractivity contribution is -0.384. The van der Waals surface area contributed by atoms with Crippen LogP contribution in [0.5, 0.6) is 5.75 Å². The number of rotatable bonds is 5. The largest absolute Gasteiger partial charge is 0.495 e. The summed E-state index contributed by atoms with van der Waals surface area (Å²) in [5.41, 5.74) is 2.66. The van der Waals surface area contributed by atoms with E-state index >= 15 is 0 Å². The molecule has 3 aromatic rings. The number of carbonyl (C=O) groups excluding carboxylic acids is 1. The molecule has 0 spiro atoms. The summed E-state index contributed by atoms with van der Waals surface area (Å²) in [6, 6.07) is 13.7. The van der Waals surface area contributed by atoms with Crippen LogP contribution in [-0.4, -0.2) is 22.3 Å². The van der Waals surface area contributed by atoms with Crippen LogP contribution in [0.25, 0.3) is 17.4 Å². The van der Waals surface area contributed by atoms with E-state index in [2.05, 4.69) is 0 Å². The lowest BCUT2D eigenvalue weighted by Crippen LogP contribution is -2.27. The molecule has 0 N–H and O–H groups in total. The highest BCUT2D eigenvalue weighted by Gasteiger charge is 2.35. The van der Waals surface area contributed by atoms with Crippen LogP contribution in [0.1, 0.15) is 16.9 Å². The van der Waals surface area contributed by atoms with E-state index in [1.54, 1.807) is 42.5 Å². The molecule has 2 aromatic carbocycles. The van der Waals surface area contributed by atoms with Gasteiger partial charge in [0.1, 0.15) is 17.3 Å². The van der Waals surface area contributed by atoms with E-state index in [0.29, 0.717) is 37.7 Å². The number of benzene rings is 2. The summed E-state index contributed by atoms with van der Waals surface area (Å²) < 4.78 is 11.6. The van der Waals surface area contributed by atoms with Crippen LogP contribution in [0.4, 0.5) is 11.4 Å². The van der Waals surface area contributed by atoms with Crippen LogP contribution >= 0.6 is 24.0 Å². The van der Waals surface area contributed by atoms with Gasteiger partial charge >= 0.3 is 0 Å². The summed E-state index contributed by atoms with van der Waals surface area (Å²) in [4.78, 5) is 26.0. The molecule has 9 heteroatoms. The zero-order chi connectivity index (χ0) is 23.0. The summed E-state index contributed by atoms with van der Waals surface area (Å²) in [6.07, 6.45) is 1.59. The number of nitro benzene ring substituents is 1. The number of thioether (sulfide) groups is 1. The Labute approximate surface area is 193 Å². The zero-order valence-corrected chi connectivity index (χ0v) is 19.1. The first-order chi connectivity index (χ1) is 15.3.